The van der Waals surface area contributed by atoms with Crippen LogP contribution in [0.1, 0.15) is 52.0 Å². The summed E-state index contributed by atoms with van der Waals surface area (Å²) in [4.78, 5) is 0. The smallest absolute Gasteiger partial charge is 0.250 e. The molecule has 0 amide bonds. The summed E-state index contributed by atoms with van der Waals surface area (Å²) >= 11 is 0. The van der Waals surface area contributed by atoms with Crippen LogP contribution in [-0.4, -0.2) is 15.4 Å². The molecular weight excluding hydrogens is 405 g/mol. The van der Waals surface area contributed by atoms with E-state index < -0.39 is 8.32 Å². The average molecular weight is 440 g/mol. The second kappa shape index (κ2) is 8.67. The first-order valence-electron chi connectivity index (χ1n) is 11.1. The molecule has 2 aromatic carbocycles. The number of nitrogens with zero attached hydrogens (tertiary/aromatic N) is 1. The van der Waals surface area contributed by atoms with Crippen LogP contribution in [0, 0.1) is 22.6 Å². The molecular formula is C26H34FNO2Si. The second-order valence-corrected chi connectivity index (χ2v) is 15.0. The van der Waals surface area contributed by atoms with Gasteiger partial charge in [0.2, 0.25) is 8.32 Å². The molecule has 0 unspecified atom stereocenters. The third kappa shape index (κ3) is 4.96. The van der Waals surface area contributed by atoms with E-state index in [0.29, 0.717) is 17.7 Å². The van der Waals surface area contributed by atoms with Crippen LogP contribution in [-0.2, 0) is 6.42 Å². The lowest BCUT2D eigenvalue weighted by molar-refractivity contribution is 0.407. The maximum atomic E-state index is 14.8. The molecule has 0 saturated heterocycles. The molecule has 0 heterocycles. The van der Waals surface area contributed by atoms with Gasteiger partial charge in [-0.15, -0.1) is 0 Å². The molecule has 0 aromatic heterocycles. The van der Waals surface area contributed by atoms with Crippen LogP contribution in [0.15, 0.2) is 36.4 Å². The van der Waals surface area contributed by atoms with Crippen LogP contribution in [0.5, 0.6) is 11.5 Å². The van der Waals surface area contributed by atoms with Gasteiger partial charge in [-0.2, -0.15) is 5.26 Å². The Hall–Kier alpha value is -2.32. The van der Waals surface area contributed by atoms with Gasteiger partial charge in [-0.3, -0.25) is 0 Å². The maximum absolute atomic E-state index is 14.8. The topological polar surface area (TPSA) is 42.2 Å². The van der Waals surface area contributed by atoms with Gasteiger partial charge in [-0.1, -0.05) is 39.7 Å². The van der Waals surface area contributed by atoms with E-state index >= 15 is 0 Å². The highest BCUT2D eigenvalue weighted by molar-refractivity contribution is 6.74. The Kier molecular flexibility index (Phi) is 6.52. The van der Waals surface area contributed by atoms with Gasteiger partial charge >= 0.3 is 0 Å². The van der Waals surface area contributed by atoms with Crippen LogP contribution in [0.3, 0.4) is 0 Å². The number of methoxy groups -OCH3 is 1. The fraction of sp³-hybridized carbons (Fsp3) is 0.500. The predicted octanol–water partition coefficient (Wildman–Crippen LogP) is 7.51. The molecule has 1 aliphatic rings. The lowest BCUT2D eigenvalue weighted by Gasteiger charge is -2.36. The standard InChI is InChI=1S/C26H34FNO2Si/c1-25(2,3)31(5,6)30-21-9-11-22(23-16-20(29-4)10-12-24(23)27)19(15-21)17-26(18-28)13-7-8-14-26/h9-12,15-16H,7-8,13-14,17H2,1-6H3. The van der Waals surface area contributed by atoms with E-state index in [1.807, 2.05) is 18.2 Å². The van der Waals surface area contributed by atoms with Gasteiger partial charge in [0, 0.05) is 5.56 Å². The average Bonchev–Trinajstić information content (AvgIpc) is 3.17. The number of hydrogen-bond acceptors (Lipinski definition) is 3. The van der Waals surface area contributed by atoms with E-state index in [2.05, 4.69) is 39.9 Å². The lowest BCUT2D eigenvalue weighted by Crippen LogP contribution is -2.43. The number of nitriles is 1. The van der Waals surface area contributed by atoms with Gasteiger partial charge in [0.15, 0.2) is 0 Å². The van der Waals surface area contributed by atoms with E-state index in [1.54, 1.807) is 19.2 Å². The maximum Gasteiger partial charge on any atom is 0.250 e. The molecule has 0 radical (unpaired) electrons. The van der Waals surface area contributed by atoms with E-state index in [-0.39, 0.29) is 16.3 Å². The first kappa shape index (κ1) is 23.3. The number of rotatable bonds is 6. The van der Waals surface area contributed by atoms with Gasteiger partial charge in [-0.25, -0.2) is 4.39 Å². The molecule has 3 nitrogen and oxygen atoms in total. The summed E-state index contributed by atoms with van der Waals surface area (Å²) in [5, 5.41) is 10.0. The SMILES string of the molecule is COc1ccc(F)c(-c2ccc(O[Si](C)(C)C(C)(C)C)cc2CC2(C#N)CCCC2)c1. The summed E-state index contributed by atoms with van der Waals surface area (Å²) in [5.41, 5.74) is 1.88. The van der Waals surface area contributed by atoms with E-state index in [9.17, 15) is 9.65 Å². The highest BCUT2D eigenvalue weighted by Crippen LogP contribution is 2.44. The van der Waals surface area contributed by atoms with Crippen molar-refractivity contribution in [1.29, 1.82) is 5.26 Å². The van der Waals surface area contributed by atoms with E-state index in [1.165, 1.54) is 6.07 Å². The zero-order valence-electron chi connectivity index (χ0n) is 19.6. The number of hydrogen-bond donors (Lipinski definition) is 0. The molecule has 31 heavy (non-hydrogen) atoms. The quantitative estimate of drug-likeness (QED) is 0.437. The molecule has 1 fully saturated rings. The summed E-state index contributed by atoms with van der Waals surface area (Å²) in [7, 11) is -0.441. The van der Waals surface area contributed by atoms with Crippen LogP contribution < -0.4 is 9.16 Å². The third-order valence-corrected chi connectivity index (χ3v) is 11.4. The number of ether oxygens (including phenoxy) is 1. The Balaban J connectivity index is 2.10. The largest absolute Gasteiger partial charge is 0.543 e. The summed E-state index contributed by atoms with van der Waals surface area (Å²) < 4.78 is 26.7. The second-order valence-electron chi connectivity index (χ2n) is 10.3. The Morgan fingerprint density at radius 1 is 1.03 bits per heavy atom. The van der Waals surface area contributed by atoms with Gasteiger partial charge in [0.25, 0.3) is 0 Å². The van der Waals surface area contributed by atoms with Crippen molar-refractivity contribution < 1.29 is 13.6 Å². The Labute approximate surface area is 187 Å². The highest BCUT2D eigenvalue weighted by Gasteiger charge is 2.39. The van der Waals surface area contributed by atoms with Crippen LogP contribution in [0.2, 0.25) is 18.1 Å². The number of benzene rings is 2. The van der Waals surface area contributed by atoms with Crippen LogP contribution in [0.25, 0.3) is 11.1 Å². The van der Waals surface area contributed by atoms with Gasteiger partial charge in [0.1, 0.15) is 17.3 Å². The fourth-order valence-corrected chi connectivity index (χ4v) is 5.09. The molecule has 2 aromatic rings. The lowest BCUT2D eigenvalue weighted by atomic mass is 9.79. The molecule has 166 valence electrons. The molecule has 3 rings (SSSR count). The van der Waals surface area contributed by atoms with Crippen molar-refractivity contribution in [2.75, 3.05) is 7.11 Å². The molecule has 0 aliphatic heterocycles. The van der Waals surface area contributed by atoms with Crippen molar-refractivity contribution in [1.82, 2.24) is 0 Å². The minimum atomic E-state index is -2.02. The summed E-state index contributed by atoms with van der Waals surface area (Å²) in [6, 6.07) is 13.3. The zero-order chi connectivity index (χ0) is 22.9. The molecule has 1 saturated carbocycles. The Bertz CT molecular complexity index is 982. The molecule has 0 atom stereocenters. The summed E-state index contributed by atoms with van der Waals surface area (Å²) in [6.07, 6.45) is 4.50. The van der Waals surface area contributed by atoms with Crippen LogP contribution in [0.4, 0.5) is 4.39 Å². The molecule has 0 N–H and O–H groups in total. The van der Waals surface area contributed by atoms with Crippen molar-refractivity contribution in [3.05, 3.63) is 47.8 Å². The normalized spacial score (nSPS) is 16.1. The minimum Gasteiger partial charge on any atom is -0.543 e. The minimum absolute atomic E-state index is 0.0735. The molecule has 1 aliphatic carbocycles. The predicted molar refractivity (Wildman–Crippen MR) is 126 cm³/mol. The van der Waals surface area contributed by atoms with Crippen molar-refractivity contribution in [2.45, 2.75) is 71.0 Å². The van der Waals surface area contributed by atoms with E-state index in [0.717, 1.165) is 42.6 Å². The molecule has 0 bridgehead atoms. The van der Waals surface area contributed by atoms with Gasteiger partial charge < -0.3 is 9.16 Å². The van der Waals surface area contributed by atoms with E-state index in [4.69, 9.17) is 9.16 Å². The highest BCUT2D eigenvalue weighted by atomic mass is 28.4. The summed E-state index contributed by atoms with van der Waals surface area (Å²) in [6.45, 7) is 11.1. The number of halogens is 1. The summed E-state index contributed by atoms with van der Waals surface area (Å²) in [5.74, 6) is 1.12. The first-order chi connectivity index (χ1) is 14.5. The van der Waals surface area contributed by atoms with Gasteiger partial charge in [0.05, 0.1) is 18.6 Å². The monoisotopic (exact) mass is 439 g/mol. The van der Waals surface area contributed by atoms with Crippen molar-refractivity contribution >= 4 is 8.32 Å². The molecule has 5 heteroatoms. The van der Waals surface area contributed by atoms with Crippen molar-refractivity contribution in [2.24, 2.45) is 5.41 Å². The Morgan fingerprint density at radius 3 is 2.26 bits per heavy atom. The zero-order valence-corrected chi connectivity index (χ0v) is 20.6. The van der Waals surface area contributed by atoms with Crippen molar-refractivity contribution in [3.63, 3.8) is 0 Å². The third-order valence-electron chi connectivity index (χ3n) is 7.05. The van der Waals surface area contributed by atoms with Gasteiger partial charge in [-0.05, 0) is 78.9 Å². The molecule has 0 spiro atoms. The van der Waals surface area contributed by atoms with Crippen molar-refractivity contribution in [3.8, 4) is 28.7 Å². The first-order valence-corrected chi connectivity index (χ1v) is 14.0. The van der Waals surface area contributed by atoms with Crippen LogP contribution >= 0.6 is 0 Å². The fourth-order valence-electron chi connectivity index (χ4n) is 4.07. The Morgan fingerprint density at radius 2 is 1.68 bits per heavy atom.